The van der Waals surface area contributed by atoms with Gasteiger partial charge in [-0.1, -0.05) is 6.07 Å². The van der Waals surface area contributed by atoms with Crippen LogP contribution in [0, 0.1) is 5.82 Å². The van der Waals surface area contributed by atoms with Gasteiger partial charge in [-0.3, -0.25) is 4.79 Å². The normalized spacial score (nSPS) is 10.5. The van der Waals surface area contributed by atoms with E-state index >= 15 is 0 Å². The van der Waals surface area contributed by atoms with E-state index in [1.165, 1.54) is 26.4 Å². The predicted octanol–water partition coefficient (Wildman–Crippen LogP) is 3.19. The summed E-state index contributed by atoms with van der Waals surface area (Å²) in [6.07, 6.45) is 2.72. The monoisotopic (exact) mass is 345 g/mol. The Hall–Kier alpha value is -3.35. The maximum Gasteiger partial charge on any atom is 0.337 e. The van der Waals surface area contributed by atoms with Crippen molar-refractivity contribution in [3.8, 4) is 11.5 Å². The summed E-state index contributed by atoms with van der Waals surface area (Å²) in [5.41, 5.74) is 0.356. The van der Waals surface area contributed by atoms with Gasteiger partial charge in [-0.2, -0.15) is 0 Å². The van der Waals surface area contributed by atoms with Gasteiger partial charge < -0.3 is 19.9 Å². The van der Waals surface area contributed by atoms with Crippen LogP contribution in [0.3, 0.4) is 0 Å². The van der Waals surface area contributed by atoms with Crippen LogP contribution in [-0.4, -0.2) is 31.2 Å². The van der Waals surface area contributed by atoms with Crippen LogP contribution in [0.5, 0.6) is 11.5 Å². The third kappa shape index (κ3) is 4.57. The van der Waals surface area contributed by atoms with Crippen LogP contribution in [0.4, 0.5) is 10.1 Å². The Morgan fingerprint density at radius 2 is 1.80 bits per heavy atom. The number of methoxy groups -OCH3 is 2. The maximum absolute atomic E-state index is 13.3. The SMILES string of the molecule is COc1ccc(/C=C/C(=O)Nc2cc(F)ccc2C(=O)O)cc1OC. The van der Waals surface area contributed by atoms with E-state index in [9.17, 15) is 14.0 Å². The Labute approximate surface area is 143 Å². The third-order valence-electron chi connectivity index (χ3n) is 3.30. The van der Waals surface area contributed by atoms with Crippen LogP contribution >= 0.6 is 0 Å². The van der Waals surface area contributed by atoms with Gasteiger partial charge >= 0.3 is 5.97 Å². The molecule has 0 heterocycles. The van der Waals surface area contributed by atoms with Gasteiger partial charge in [-0.05, 0) is 42.0 Å². The molecule has 0 unspecified atom stereocenters. The van der Waals surface area contributed by atoms with Gasteiger partial charge in [0.2, 0.25) is 5.91 Å². The molecule has 0 radical (unpaired) electrons. The van der Waals surface area contributed by atoms with Gasteiger partial charge in [0.1, 0.15) is 5.82 Å². The highest BCUT2D eigenvalue weighted by molar-refractivity contribution is 6.06. The fraction of sp³-hybridized carbons (Fsp3) is 0.111. The lowest BCUT2D eigenvalue weighted by Crippen LogP contribution is -2.12. The molecule has 0 atom stereocenters. The number of rotatable bonds is 6. The number of hydrogen-bond donors (Lipinski definition) is 2. The Bertz CT molecular complexity index is 832. The zero-order chi connectivity index (χ0) is 18.4. The van der Waals surface area contributed by atoms with Crippen molar-refractivity contribution in [2.75, 3.05) is 19.5 Å². The zero-order valence-electron chi connectivity index (χ0n) is 13.6. The summed E-state index contributed by atoms with van der Waals surface area (Å²) >= 11 is 0. The topological polar surface area (TPSA) is 84.9 Å². The average molecular weight is 345 g/mol. The Balaban J connectivity index is 2.17. The fourth-order valence-electron chi connectivity index (χ4n) is 2.11. The van der Waals surface area contributed by atoms with Gasteiger partial charge in [0, 0.05) is 6.08 Å². The molecule has 7 heteroatoms. The minimum Gasteiger partial charge on any atom is -0.493 e. The molecular formula is C18H16FNO5. The number of carbonyl (C=O) groups excluding carboxylic acids is 1. The quantitative estimate of drug-likeness (QED) is 0.786. The zero-order valence-corrected chi connectivity index (χ0v) is 13.6. The van der Waals surface area contributed by atoms with Gasteiger partial charge in [0.25, 0.3) is 0 Å². The molecule has 0 spiro atoms. The number of amides is 1. The summed E-state index contributed by atoms with van der Waals surface area (Å²) in [6.45, 7) is 0. The Morgan fingerprint density at radius 1 is 1.08 bits per heavy atom. The van der Waals surface area contributed by atoms with E-state index in [0.29, 0.717) is 17.1 Å². The molecule has 0 aliphatic carbocycles. The number of nitrogens with one attached hydrogen (secondary N) is 1. The van der Waals surface area contributed by atoms with Gasteiger partial charge in [0.05, 0.1) is 25.5 Å². The summed E-state index contributed by atoms with van der Waals surface area (Å²) in [5, 5.41) is 11.4. The standard InChI is InChI=1S/C18H16FNO5/c1-24-15-7-3-11(9-16(15)25-2)4-8-17(21)20-14-10-12(19)5-6-13(14)18(22)23/h3-10H,1-2H3,(H,20,21)(H,22,23)/b8-4+. The second kappa shape index (κ2) is 7.96. The van der Waals surface area contributed by atoms with Crippen molar-refractivity contribution >= 4 is 23.6 Å². The van der Waals surface area contributed by atoms with Crippen LogP contribution < -0.4 is 14.8 Å². The Morgan fingerprint density at radius 3 is 2.44 bits per heavy atom. The number of carbonyl (C=O) groups is 2. The van der Waals surface area contributed by atoms with Crippen molar-refractivity contribution in [3.05, 3.63) is 59.4 Å². The highest BCUT2D eigenvalue weighted by Gasteiger charge is 2.12. The minimum absolute atomic E-state index is 0.116. The lowest BCUT2D eigenvalue weighted by atomic mass is 10.1. The fourth-order valence-corrected chi connectivity index (χ4v) is 2.11. The van der Waals surface area contributed by atoms with Crippen LogP contribution in [0.15, 0.2) is 42.5 Å². The maximum atomic E-state index is 13.3. The first-order valence-electron chi connectivity index (χ1n) is 7.18. The smallest absolute Gasteiger partial charge is 0.337 e. The molecular weight excluding hydrogens is 329 g/mol. The number of aromatic carboxylic acids is 1. The van der Waals surface area contributed by atoms with Gasteiger partial charge in [-0.25, -0.2) is 9.18 Å². The van der Waals surface area contributed by atoms with Crippen LogP contribution in [-0.2, 0) is 4.79 Å². The van der Waals surface area contributed by atoms with E-state index < -0.39 is 17.7 Å². The molecule has 2 aromatic rings. The van der Waals surface area contributed by atoms with Crippen molar-refractivity contribution in [3.63, 3.8) is 0 Å². The van der Waals surface area contributed by atoms with Gasteiger partial charge in [-0.15, -0.1) is 0 Å². The van der Waals surface area contributed by atoms with E-state index in [4.69, 9.17) is 14.6 Å². The predicted molar refractivity (Wildman–Crippen MR) is 90.6 cm³/mol. The molecule has 0 bridgehead atoms. The third-order valence-corrected chi connectivity index (χ3v) is 3.30. The summed E-state index contributed by atoms with van der Waals surface area (Å²) < 4.78 is 23.6. The first-order valence-corrected chi connectivity index (χ1v) is 7.18. The van der Waals surface area contributed by atoms with E-state index in [1.54, 1.807) is 18.2 Å². The van der Waals surface area contributed by atoms with Gasteiger partial charge in [0.15, 0.2) is 11.5 Å². The molecule has 0 saturated heterocycles. The molecule has 2 aromatic carbocycles. The van der Waals surface area contributed by atoms with Crippen molar-refractivity contribution in [2.45, 2.75) is 0 Å². The number of hydrogen-bond acceptors (Lipinski definition) is 4. The number of anilines is 1. The molecule has 130 valence electrons. The Kier molecular flexibility index (Phi) is 5.73. The second-order valence-corrected chi connectivity index (χ2v) is 4.93. The number of carboxylic acids is 1. The highest BCUT2D eigenvalue weighted by atomic mass is 19.1. The van der Waals surface area contributed by atoms with Crippen molar-refractivity contribution in [1.82, 2.24) is 0 Å². The second-order valence-electron chi connectivity index (χ2n) is 4.93. The average Bonchev–Trinajstić information content (AvgIpc) is 2.59. The van der Waals surface area contributed by atoms with E-state index in [-0.39, 0.29) is 11.3 Å². The number of benzene rings is 2. The highest BCUT2D eigenvalue weighted by Crippen LogP contribution is 2.28. The summed E-state index contributed by atoms with van der Waals surface area (Å²) in [6, 6.07) is 8.13. The van der Waals surface area contributed by atoms with Crippen molar-refractivity contribution < 1.29 is 28.6 Å². The number of ether oxygens (including phenoxy) is 2. The van der Waals surface area contributed by atoms with Crippen LogP contribution in [0.25, 0.3) is 6.08 Å². The molecule has 6 nitrogen and oxygen atoms in total. The lowest BCUT2D eigenvalue weighted by Gasteiger charge is -2.08. The first-order chi connectivity index (χ1) is 11.9. The molecule has 0 fully saturated rings. The molecule has 2 N–H and O–H groups in total. The molecule has 0 aliphatic heterocycles. The van der Waals surface area contributed by atoms with E-state index in [0.717, 1.165) is 18.2 Å². The van der Waals surface area contributed by atoms with Crippen molar-refractivity contribution in [1.29, 1.82) is 0 Å². The summed E-state index contributed by atoms with van der Waals surface area (Å²) in [4.78, 5) is 23.1. The summed E-state index contributed by atoms with van der Waals surface area (Å²) in [5.74, 6) is -1.45. The first kappa shape index (κ1) is 18.0. The number of carboxylic acid groups (broad SMARTS) is 1. The minimum atomic E-state index is -1.26. The number of halogens is 1. The molecule has 0 aromatic heterocycles. The largest absolute Gasteiger partial charge is 0.493 e. The molecule has 0 saturated carbocycles. The van der Waals surface area contributed by atoms with Crippen LogP contribution in [0.2, 0.25) is 0 Å². The lowest BCUT2D eigenvalue weighted by molar-refractivity contribution is -0.111. The molecule has 0 aliphatic rings. The summed E-state index contributed by atoms with van der Waals surface area (Å²) in [7, 11) is 3.01. The molecule has 1 amide bonds. The van der Waals surface area contributed by atoms with E-state index in [1.807, 2.05) is 0 Å². The molecule has 2 rings (SSSR count). The molecule has 25 heavy (non-hydrogen) atoms. The van der Waals surface area contributed by atoms with Crippen LogP contribution in [0.1, 0.15) is 15.9 Å². The van der Waals surface area contributed by atoms with E-state index in [2.05, 4.69) is 5.32 Å². The van der Waals surface area contributed by atoms with Crippen molar-refractivity contribution in [2.24, 2.45) is 0 Å².